The molecule has 0 unspecified atom stereocenters. The molecular formula is C91H121ClF6N18O4. The van der Waals surface area contributed by atoms with E-state index in [0.29, 0.717) is 34.3 Å². The zero-order valence-electron chi connectivity index (χ0n) is 72.8. The molecule has 0 aliphatic heterocycles. The minimum Gasteiger partial charge on any atom is -0.497 e. The second kappa shape index (κ2) is 49.2. The van der Waals surface area contributed by atoms with Crippen molar-refractivity contribution in [1.29, 1.82) is 0 Å². The summed E-state index contributed by atoms with van der Waals surface area (Å²) in [6.45, 7) is 27.7. The van der Waals surface area contributed by atoms with Gasteiger partial charge in [0, 0.05) is 117 Å². The van der Waals surface area contributed by atoms with Crippen LogP contribution in [-0.4, -0.2) is 201 Å². The van der Waals surface area contributed by atoms with Crippen LogP contribution in [0.5, 0.6) is 23.0 Å². The third-order valence-corrected chi connectivity index (χ3v) is 19.8. The summed E-state index contributed by atoms with van der Waals surface area (Å²) in [5.74, 6) is 1.62. The van der Waals surface area contributed by atoms with Crippen LogP contribution in [0.2, 0.25) is 5.02 Å². The Morgan fingerprint density at radius 3 is 1.00 bits per heavy atom. The summed E-state index contributed by atoms with van der Waals surface area (Å²) < 4.78 is 101. The van der Waals surface area contributed by atoms with Crippen LogP contribution in [0, 0.1) is 31.3 Å². The Kier molecular flexibility index (Phi) is 39.6. The third kappa shape index (κ3) is 29.1. The number of H-pyrrole nitrogens is 6. The molecule has 0 saturated heterocycles. The lowest BCUT2D eigenvalue weighted by atomic mass is 10.0. The first-order valence-corrected chi connectivity index (χ1v) is 40.9. The normalized spacial score (nSPS) is 11.3. The molecule has 6 N–H and O–H groups in total. The van der Waals surface area contributed by atoms with E-state index in [0.717, 1.165) is 195 Å². The largest absolute Gasteiger partial charge is 0.497 e. The highest BCUT2D eigenvalue weighted by molar-refractivity contribution is 6.30. The quantitative estimate of drug-likeness (QED) is 0.0206. The molecule has 648 valence electrons. The zero-order valence-corrected chi connectivity index (χ0v) is 73.6. The lowest BCUT2D eigenvalue weighted by Crippen LogP contribution is -2.18. The Labute approximate surface area is 708 Å². The van der Waals surface area contributed by atoms with Gasteiger partial charge in [0.15, 0.2) is 0 Å². The van der Waals surface area contributed by atoms with E-state index >= 15 is 0 Å². The van der Waals surface area contributed by atoms with Crippen molar-refractivity contribution >= 4 is 11.6 Å². The lowest BCUT2D eigenvalue weighted by Gasteiger charge is -2.17. The summed E-state index contributed by atoms with van der Waals surface area (Å²) in [5, 5.41) is 42.9. The number of aromatic nitrogens is 12. The Morgan fingerprint density at radius 2 is 0.642 bits per heavy atom. The number of nitrogens with one attached hydrogen (secondary N) is 6. The summed E-state index contributed by atoms with van der Waals surface area (Å²) in [6, 6.07) is 32.0. The SMILES string of the molecule is CCCN(C)Cc1cn[nH]c1-c1cc(Cl)ccc1F.CCCN(C)Cc1cn[nH]c1-c1ccc(F)cc1C.CCCN(C)Cc1cn[nH]c1-c1ccc(F)cc1OC.CCCN(C)Cc1cn[nH]c1-c1ccc(OC)cc1.CCCN(C)Cc1cn[nH]c1-c1ccc(OC)cc1C.CCCN(C)Cc1cn[nH]c1-c1ccc(OC)cc1C(F)(F)F. The van der Waals surface area contributed by atoms with Gasteiger partial charge in [-0.2, -0.15) is 43.8 Å². The van der Waals surface area contributed by atoms with Gasteiger partial charge in [-0.3, -0.25) is 30.6 Å². The van der Waals surface area contributed by atoms with Crippen molar-refractivity contribution in [3.63, 3.8) is 0 Å². The first-order chi connectivity index (χ1) is 57.6. The second-order valence-electron chi connectivity index (χ2n) is 29.8. The van der Waals surface area contributed by atoms with E-state index in [4.69, 9.17) is 30.5 Å². The van der Waals surface area contributed by atoms with Gasteiger partial charge >= 0.3 is 6.18 Å². The van der Waals surface area contributed by atoms with Gasteiger partial charge in [-0.25, -0.2) is 13.2 Å². The molecule has 0 saturated carbocycles. The summed E-state index contributed by atoms with van der Waals surface area (Å²) in [6.07, 6.45) is 12.9. The number of benzene rings is 6. The molecule has 0 fully saturated rings. The number of halogens is 7. The van der Waals surface area contributed by atoms with E-state index in [9.17, 15) is 26.3 Å². The van der Waals surface area contributed by atoms with Crippen molar-refractivity contribution in [3.8, 4) is 90.5 Å². The molecule has 0 atom stereocenters. The van der Waals surface area contributed by atoms with Gasteiger partial charge in [-0.05, 0) is 254 Å². The molecule has 0 aliphatic carbocycles. The number of aryl methyl sites for hydroxylation is 2. The average molecular weight is 1680 g/mol. The first kappa shape index (κ1) is 96.5. The van der Waals surface area contributed by atoms with E-state index in [1.807, 2.05) is 75.0 Å². The van der Waals surface area contributed by atoms with Crippen LogP contribution in [-0.2, 0) is 45.4 Å². The van der Waals surface area contributed by atoms with Gasteiger partial charge in [0.05, 0.1) is 105 Å². The monoisotopic (exact) mass is 1680 g/mol. The molecule has 6 heterocycles. The predicted octanol–water partition coefficient (Wildman–Crippen LogP) is 20.3. The molecule has 6 aromatic heterocycles. The fourth-order valence-corrected chi connectivity index (χ4v) is 14.1. The average Bonchev–Trinajstić information content (AvgIpc) is 1.46. The summed E-state index contributed by atoms with van der Waals surface area (Å²) in [7, 11) is 18.7. The van der Waals surface area contributed by atoms with Crippen molar-refractivity contribution in [2.45, 2.75) is 139 Å². The fourth-order valence-electron chi connectivity index (χ4n) is 13.9. The smallest absolute Gasteiger partial charge is 0.417 e. The number of alkyl halides is 3. The van der Waals surface area contributed by atoms with Gasteiger partial charge in [0.2, 0.25) is 0 Å². The zero-order chi connectivity index (χ0) is 87.4. The third-order valence-electron chi connectivity index (χ3n) is 19.6. The van der Waals surface area contributed by atoms with Crippen molar-refractivity contribution in [3.05, 3.63) is 225 Å². The van der Waals surface area contributed by atoms with Crippen molar-refractivity contribution in [1.82, 2.24) is 90.6 Å². The molecule has 0 radical (unpaired) electrons. The van der Waals surface area contributed by atoms with Crippen LogP contribution in [0.4, 0.5) is 26.3 Å². The molecule has 0 bridgehead atoms. The van der Waals surface area contributed by atoms with Crippen molar-refractivity contribution in [2.75, 3.05) is 110 Å². The van der Waals surface area contributed by atoms with Crippen LogP contribution >= 0.6 is 11.6 Å². The Morgan fingerprint density at radius 1 is 0.333 bits per heavy atom. The molecule has 0 aliphatic rings. The number of nitrogens with zero attached hydrogens (tertiary/aromatic N) is 12. The standard InChI is InChI=1S/C16H20F3N3O.C16H23N3O.C15H20FN3O.C15H20FN3.C15H21N3O.C14H17ClFN3/c1-4-7-22(2)10-11-9-20-21-15(11)13-6-5-12(23-3)8-14(13)16(17,18)19;1-5-8-19(3)11-13-10-17-18-16(13)15-7-6-14(20-4)9-12(15)2;1-4-7-19(2)10-11-9-17-18-15(11)13-6-5-12(16)8-14(13)20-3;1-4-7-19(3)10-12-9-17-18-15(12)14-6-5-13(16)8-11(14)2;1-4-9-18(2)11-13-10-16-17-15(13)12-5-7-14(19-3)8-6-12;1-3-6-19(2)9-10-8-17-18-14(10)12-7-11(15)4-5-13(12)16/h5-6,8-9H,4,7,10H2,1-3H3,(H,20,21);6-7,9-10H,5,8,11H2,1-4H3,(H,17,18);5-6,8-9H,4,7,10H2,1-3H3,(H,17,18);5-6,8-9H,4,7,10H2,1-3H3,(H,17,18);5-8,10H,4,9,11H2,1-3H3,(H,16,17);4-5,7-8H,3,6,9H2,1-2H3,(H,17,18). The van der Waals surface area contributed by atoms with Gasteiger partial charge in [0.1, 0.15) is 40.4 Å². The molecule has 12 aromatic rings. The second-order valence-corrected chi connectivity index (χ2v) is 30.2. The Bertz CT molecular complexity index is 4980. The minimum atomic E-state index is -4.47. The summed E-state index contributed by atoms with van der Waals surface area (Å²) in [5.41, 5.74) is 17.6. The van der Waals surface area contributed by atoms with E-state index in [2.05, 4.69) is 187 Å². The molecule has 120 heavy (non-hydrogen) atoms. The van der Waals surface area contributed by atoms with E-state index in [1.165, 1.54) is 72.9 Å². The van der Waals surface area contributed by atoms with E-state index < -0.39 is 11.7 Å². The Balaban J connectivity index is 0.000000199. The predicted molar refractivity (Wildman–Crippen MR) is 469 cm³/mol. The van der Waals surface area contributed by atoms with Crippen molar-refractivity contribution in [2.24, 2.45) is 0 Å². The van der Waals surface area contributed by atoms with Gasteiger partial charge < -0.3 is 48.3 Å². The molecule has 22 nitrogen and oxygen atoms in total. The molecule has 0 amide bonds. The van der Waals surface area contributed by atoms with Crippen molar-refractivity contribution < 1.29 is 45.3 Å². The fraction of sp³-hybridized carbons (Fsp3) is 0.407. The number of ether oxygens (including phenoxy) is 4. The topological polar surface area (TPSA) is 228 Å². The van der Waals surface area contributed by atoms with Crippen LogP contribution < -0.4 is 18.9 Å². The Hall–Kier alpha value is -10.6. The maximum absolute atomic E-state index is 13.9. The van der Waals surface area contributed by atoms with E-state index in [1.54, 1.807) is 50.9 Å². The minimum absolute atomic E-state index is 0.0794. The van der Waals surface area contributed by atoms with Crippen LogP contribution in [0.15, 0.2) is 152 Å². The van der Waals surface area contributed by atoms with Crippen LogP contribution in [0.1, 0.15) is 130 Å². The van der Waals surface area contributed by atoms with Crippen LogP contribution in [0.25, 0.3) is 67.5 Å². The van der Waals surface area contributed by atoms with E-state index in [-0.39, 0.29) is 28.8 Å². The number of rotatable bonds is 34. The van der Waals surface area contributed by atoms with Gasteiger partial charge in [-0.1, -0.05) is 53.1 Å². The number of hydrogen-bond acceptors (Lipinski definition) is 16. The number of aromatic amines is 6. The maximum atomic E-state index is 13.9. The maximum Gasteiger partial charge on any atom is 0.417 e. The number of methoxy groups -OCH3 is 4. The highest BCUT2D eigenvalue weighted by atomic mass is 35.5. The lowest BCUT2D eigenvalue weighted by molar-refractivity contribution is -0.137. The first-order valence-electron chi connectivity index (χ1n) is 40.5. The molecule has 12 rings (SSSR count). The summed E-state index contributed by atoms with van der Waals surface area (Å²) >= 11 is 5.93. The number of hydrogen-bond donors (Lipinski definition) is 6. The van der Waals surface area contributed by atoms with Gasteiger partial charge in [-0.15, -0.1) is 0 Å². The highest BCUT2D eigenvalue weighted by Crippen LogP contribution is 2.41. The van der Waals surface area contributed by atoms with Gasteiger partial charge in [0.25, 0.3) is 0 Å². The van der Waals surface area contributed by atoms with Crippen LogP contribution in [0.3, 0.4) is 0 Å². The highest BCUT2D eigenvalue weighted by Gasteiger charge is 2.35. The summed E-state index contributed by atoms with van der Waals surface area (Å²) in [4.78, 5) is 13.3. The molecule has 6 aromatic carbocycles. The molecular weight excluding hydrogens is 1560 g/mol. The molecule has 29 heteroatoms. The molecule has 0 spiro atoms.